The van der Waals surface area contributed by atoms with Crippen molar-refractivity contribution < 1.29 is 0 Å². The molecule has 0 amide bonds. The molecule has 0 saturated heterocycles. The highest BCUT2D eigenvalue weighted by molar-refractivity contribution is 5.11. The maximum absolute atomic E-state index is 5.70. The minimum atomic E-state index is 0.162. The predicted octanol–water partition coefficient (Wildman–Crippen LogP) is 1.24. The van der Waals surface area contributed by atoms with Crippen LogP contribution in [0.4, 0.5) is 0 Å². The Hall–Kier alpha value is -1.13. The molecular weight excluding hydrogens is 188 g/mol. The summed E-state index contributed by atoms with van der Waals surface area (Å²) in [7, 11) is 0. The van der Waals surface area contributed by atoms with Gasteiger partial charge in [-0.15, -0.1) is 6.58 Å². The first-order valence-corrected chi connectivity index (χ1v) is 5.27. The van der Waals surface area contributed by atoms with Crippen LogP contribution < -0.4 is 11.1 Å². The van der Waals surface area contributed by atoms with E-state index in [-0.39, 0.29) is 6.04 Å². The molecule has 0 saturated carbocycles. The topological polar surface area (TPSA) is 55.9 Å². The largest absolute Gasteiger partial charge is 0.329 e. The fourth-order valence-corrected chi connectivity index (χ4v) is 1.38. The van der Waals surface area contributed by atoms with Crippen molar-refractivity contribution in [1.82, 2.24) is 15.1 Å². The molecule has 3 N–H and O–H groups in total. The molecule has 1 atom stereocenters. The minimum Gasteiger partial charge on any atom is -0.329 e. The van der Waals surface area contributed by atoms with Gasteiger partial charge in [0.15, 0.2) is 0 Å². The van der Waals surface area contributed by atoms with Crippen molar-refractivity contribution in [3.05, 3.63) is 30.6 Å². The Labute approximate surface area is 91.2 Å². The van der Waals surface area contributed by atoms with Crippen LogP contribution in [0, 0.1) is 0 Å². The van der Waals surface area contributed by atoms with Gasteiger partial charge < -0.3 is 11.1 Å². The van der Waals surface area contributed by atoms with Gasteiger partial charge in [-0.25, -0.2) is 0 Å². The van der Waals surface area contributed by atoms with Gasteiger partial charge in [0, 0.05) is 36.9 Å². The number of nitrogens with zero attached hydrogens (tertiary/aromatic N) is 2. The molecule has 0 aliphatic carbocycles. The Morgan fingerprint density at radius 1 is 1.67 bits per heavy atom. The number of hydrogen-bond acceptors (Lipinski definition) is 3. The number of hydrogen-bond donors (Lipinski definition) is 2. The van der Waals surface area contributed by atoms with Crippen LogP contribution in [0.25, 0.3) is 0 Å². The third kappa shape index (κ3) is 3.18. The summed E-state index contributed by atoms with van der Waals surface area (Å²) in [6.45, 7) is 9.20. The molecule has 0 radical (unpaired) electrons. The maximum atomic E-state index is 5.70. The van der Waals surface area contributed by atoms with Gasteiger partial charge in [-0.2, -0.15) is 5.10 Å². The van der Waals surface area contributed by atoms with Gasteiger partial charge in [-0.3, -0.25) is 4.68 Å². The summed E-state index contributed by atoms with van der Waals surface area (Å²) < 4.78 is 1.94. The van der Waals surface area contributed by atoms with E-state index >= 15 is 0 Å². The number of aromatic nitrogens is 2. The van der Waals surface area contributed by atoms with Crippen LogP contribution in [0.3, 0.4) is 0 Å². The van der Waals surface area contributed by atoms with E-state index < -0.39 is 0 Å². The molecule has 0 fully saturated rings. The smallest absolute Gasteiger partial charge is 0.0538 e. The Morgan fingerprint density at radius 2 is 2.40 bits per heavy atom. The van der Waals surface area contributed by atoms with Crippen molar-refractivity contribution in [1.29, 1.82) is 0 Å². The van der Waals surface area contributed by atoms with E-state index in [0.29, 0.717) is 12.6 Å². The summed E-state index contributed by atoms with van der Waals surface area (Å²) in [4.78, 5) is 0. The quantitative estimate of drug-likeness (QED) is 0.692. The third-order valence-corrected chi connectivity index (χ3v) is 2.30. The van der Waals surface area contributed by atoms with E-state index in [4.69, 9.17) is 5.73 Å². The number of rotatable bonds is 6. The fourth-order valence-electron chi connectivity index (χ4n) is 1.38. The summed E-state index contributed by atoms with van der Waals surface area (Å²) in [6, 6.07) is 0.548. The molecule has 0 aromatic carbocycles. The van der Waals surface area contributed by atoms with Crippen LogP contribution in [0.5, 0.6) is 0 Å². The minimum absolute atomic E-state index is 0.162. The molecule has 1 unspecified atom stereocenters. The molecule has 15 heavy (non-hydrogen) atoms. The first-order chi connectivity index (χ1) is 7.19. The van der Waals surface area contributed by atoms with Gasteiger partial charge in [0.05, 0.1) is 6.20 Å². The van der Waals surface area contributed by atoms with E-state index in [2.05, 4.69) is 30.8 Å². The monoisotopic (exact) mass is 208 g/mol. The third-order valence-electron chi connectivity index (χ3n) is 2.30. The molecule has 0 aliphatic rings. The van der Waals surface area contributed by atoms with Gasteiger partial charge in [0.2, 0.25) is 0 Å². The molecule has 1 heterocycles. The standard InChI is InChI=1S/C11H20N4/c1-4-5-13-11(6-12)10-7-14-15(8-10)9(2)3/h4,7-9,11,13H,1,5-6,12H2,2-3H3. The summed E-state index contributed by atoms with van der Waals surface area (Å²) in [5.41, 5.74) is 6.83. The average molecular weight is 208 g/mol. The summed E-state index contributed by atoms with van der Waals surface area (Å²) >= 11 is 0. The van der Waals surface area contributed by atoms with Crippen molar-refractivity contribution in [3.63, 3.8) is 0 Å². The van der Waals surface area contributed by atoms with E-state index in [9.17, 15) is 0 Å². The van der Waals surface area contributed by atoms with Crippen molar-refractivity contribution in [2.24, 2.45) is 5.73 Å². The van der Waals surface area contributed by atoms with Gasteiger partial charge in [-0.1, -0.05) is 6.08 Å². The summed E-state index contributed by atoms with van der Waals surface area (Å²) in [6.07, 6.45) is 5.74. The fraction of sp³-hybridized carbons (Fsp3) is 0.545. The number of nitrogens with two attached hydrogens (primary N) is 1. The van der Waals surface area contributed by atoms with Gasteiger partial charge in [0.1, 0.15) is 0 Å². The average Bonchev–Trinajstić information content (AvgIpc) is 2.68. The van der Waals surface area contributed by atoms with Gasteiger partial charge in [0.25, 0.3) is 0 Å². The molecule has 1 aromatic heterocycles. The summed E-state index contributed by atoms with van der Waals surface area (Å²) in [5, 5.41) is 7.58. The van der Waals surface area contributed by atoms with E-state index in [1.54, 1.807) is 0 Å². The molecule has 0 spiro atoms. The molecule has 1 aromatic rings. The van der Waals surface area contributed by atoms with Gasteiger partial charge in [-0.05, 0) is 13.8 Å². The van der Waals surface area contributed by atoms with Crippen molar-refractivity contribution in [3.8, 4) is 0 Å². The Balaban J connectivity index is 2.69. The predicted molar refractivity (Wildman–Crippen MR) is 62.6 cm³/mol. The zero-order chi connectivity index (χ0) is 11.3. The highest BCUT2D eigenvalue weighted by Gasteiger charge is 2.11. The lowest BCUT2D eigenvalue weighted by Gasteiger charge is -2.13. The lowest BCUT2D eigenvalue weighted by atomic mass is 10.1. The Kier molecular flexibility index (Phi) is 4.52. The van der Waals surface area contributed by atoms with Crippen LogP contribution in [-0.4, -0.2) is 22.9 Å². The lowest BCUT2D eigenvalue weighted by molar-refractivity contribution is 0.528. The second kappa shape index (κ2) is 5.68. The van der Waals surface area contributed by atoms with E-state index in [1.807, 2.05) is 23.2 Å². The zero-order valence-corrected chi connectivity index (χ0v) is 9.48. The van der Waals surface area contributed by atoms with Gasteiger partial charge >= 0.3 is 0 Å². The highest BCUT2D eigenvalue weighted by atomic mass is 15.3. The molecule has 4 heteroatoms. The van der Waals surface area contributed by atoms with Crippen molar-refractivity contribution >= 4 is 0 Å². The molecule has 1 rings (SSSR count). The van der Waals surface area contributed by atoms with Crippen LogP contribution in [0.15, 0.2) is 25.0 Å². The highest BCUT2D eigenvalue weighted by Crippen LogP contribution is 2.12. The van der Waals surface area contributed by atoms with Crippen molar-refractivity contribution in [2.45, 2.75) is 25.9 Å². The Bertz CT molecular complexity index is 303. The van der Waals surface area contributed by atoms with E-state index in [1.165, 1.54) is 0 Å². The second-order valence-corrected chi connectivity index (χ2v) is 3.83. The Morgan fingerprint density at radius 3 is 2.87 bits per heavy atom. The lowest BCUT2D eigenvalue weighted by Crippen LogP contribution is -2.27. The molecule has 4 nitrogen and oxygen atoms in total. The van der Waals surface area contributed by atoms with Crippen LogP contribution in [0.2, 0.25) is 0 Å². The first-order valence-electron chi connectivity index (χ1n) is 5.27. The SMILES string of the molecule is C=CCNC(CN)c1cnn(C(C)C)c1. The summed E-state index contributed by atoms with van der Waals surface area (Å²) in [5.74, 6) is 0. The van der Waals surface area contributed by atoms with Crippen LogP contribution in [-0.2, 0) is 0 Å². The molecular formula is C11H20N4. The normalized spacial score (nSPS) is 13.1. The molecule has 84 valence electrons. The number of nitrogens with one attached hydrogen (secondary N) is 1. The second-order valence-electron chi connectivity index (χ2n) is 3.83. The maximum Gasteiger partial charge on any atom is 0.0538 e. The van der Waals surface area contributed by atoms with Crippen LogP contribution in [0.1, 0.15) is 31.5 Å². The molecule has 0 bridgehead atoms. The van der Waals surface area contributed by atoms with Crippen molar-refractivity contribution in [2.75, 3.05) is 13.1 Å². The first kappa shape index (κ1) is 11.9. The van der Waals surface area contributed by atoms with E-state index in [0.717, 1.165) is 12.1 Å². The zero-order valence-electron chi connectivity index (χ0n) is 9.48. The molecule has 0 aliphatic heterocycles. The van der Waals surface area contributed by atoms with Crippen LogP contribution >= 0.6 is 0 Å².